The second kappa shape index (κ2) is 13.1. The molecule has 4 rings (SSSR count). The van der Waals surface area contributed by atoms with Crippen LogP contribution in [-0.4, -0.2) is 32.6 Å². The smallest absolute Gasteiger partial charge is 0.224 e. The summed E-state index contributed by atoms with van der Waals surface area (Å²) in [6.07, 6.45) is 4.35. The normalized spacial score (nSPS) is 13.2. The first-order valence-corrected chi connectivity index (χ1v) is 14.1. The number of nitrogens with two attached hydrogens (primary N) is 1. The highest BCUT2D eigenvalue weighted by Gasteiger charge is 2.22. The van der Waals surface area contributed by atoms with Gasteiger partial charge < -0.3 is 20.7 Å². The maximum absolute atomic E-state index is 12.3. The van der Waals surface area contributed by atoms with E-state index >= 15 is 0 Å². The fraction of sp³-hybridized carbons (Fsp3) is 0.353. The van der Waals surface area contributed by atoms with E-state index in [1.165, 1.54) is 5.56 Å². The summed E-state index contributed by atoms with van der Waals surface area (Å²) in [5, 5.41) is 14.4. The van der Waals surface area contributed by atoms with Crippen LogP contribution in [0.5, 0.6) is 0 Å². The van der Waals surface area contributed by atoms with E-state index in [0.29, 0.717) is 6.54 Å². The zero-order valence-corrected chi connectivity index (χ0v) is 24.1. The Morgan fingerprint density at radius 1 is 0.950 bits per heavy atom. The van der Waals surface area contributed by atoms with Gasteiger partial charge in [0, 0.05) is 35.2 Å². The number of aliphatic hydroxyl groups excluding tert-OH is 1. The Bertz CT molecular complexity index is 1370. The van der Waals surface area contributed by atoms with E-state index in [4.69, 9.17) is 5.73 Å². The summed E-state index contributed by atoms with van der Waals surface area (Å²) in [5.74, 6) is 0.252. The third-order valence-electron chi connectivity index (χ3n) is 7.57. The number of hydrogen-bond acceptors (Lipinski definition) is 4. The molecule has 6 heteroatoms. The second-order valence-electron chi connectivity index (χ2n) is 11.4. The van der Waals surface area contributed by atoms with Gasteiger partial charge in [0.05, 0.1) is 12.0 Å². The highest BCUT2D eigenvalue weighted by Crippen LogP contribution is 2.25. The van der Waals surface area contributed by atoms with Gasteiger partial charge in [-0.1, -0.05) is 60.7 Å². The predicted octanol–water partition coefficient (Wildman–Crippen LogP) is 5.73. The van der Waals surface area contributed by atoms with Crippen molar-refractivity contribution in [2.45, 2.75) is 70.9 Å². The molecule has 4 aromatic rings. The fourth-order valence-electron chi connectivity index (χ4n) is 5.37. The van der Waals surface area contributed by atoms with E-state index in [1.54, 1.807) is 6.20 Å². The maximum atomic E-state index is 12.3. The summed E-state index contributed by atoms with van der Waals surface area (Å²) < 4.78 is 2.09. The van der Waals surface area contributed by atoms with Gasteiger partial charge in [0.2, 0.25) is 5.91 Å². The van der Waals surface area contributed by atoms with Crippen molar-refractivity contribution in [2.75, 3.05) is 6.54 Å². The molecule has 0 radical (unpaired) electrons. The highest BCUT2D eigenvalue weighted by atomic mass is 16.3. The van der Waals surface area contributed by atoms with Crippen LogP contribution in [-0.2, 0) is 17.6 Å². The molecule has 0 aliphatic rings. The average molecular weight is 539 g/mol. The van der Waals surface area contributed by atoms with E-state index in [9.17, 15) is 9.90 Å². The molecule has 2 heterocycles. The topological polar surface area (TPSA) is 93.2 Å². The van der Waals surface area contributed by atoms with Crippen molar-refractivity contribution in [3.05, 3.63) is 119 Å². The monoisotopic (exact) mass is 538 g/mol. The molecule has 40 heavy (non-hydrogen) atoms. The second-order valence-corrected chi connectivity index (χ2v) is 11.4. The van der Waals surface area contributed by atoms with E-state index in [0.717, 1.165) is 59.6 Å². The third kappa shape index (κ3) is 7.68. The lowest BCUT2D eigenvalue weighted by molar-refractivity contribution is -0.119. The fourth-order valence-corrected chi connectivity index (χ4v) is 5.37. The molecule has 0 bridgehead atoms. The minimum atomic E-state index is -0.678. The van der Waals surface area contributed by atoms with Crippen LogP contribution in [0.3, 0.4) is 0 Å². The molecule has 2 atom stereocenters. The molecule has 2 aromatic carbocycles. The first-order chi connectivity index (χ1) is 19.1. The number of primary amides is 1. The number of carbonyl (C=O) groups is 1. The Labute approximate surface area is 238 Å². The quantitative estimate of drug-likeness (QED) is 0.203. The van der Waals surface area contributed by atoms with Gasteiger partial charge in [-0.3, -0.25) is 4.79 Å². The zero-order valence-electron chi connectivity index (χ0n) is 24.1. The molecule has 0 aliphatic heterocycles. The molecule has 0 saturated carbocycles. The van der Waals surface area contributed by atoms with Crippen LogP contribution in [0.25, 0.3) is 5.82 Å². The number of nitrogens with one attached hydrogen (secondary N) is 1. The van der Waals surface area contributed by atoms with Crippen LogP contribution in [0.2, 0.25) is 0 Å². The lowest BCUT2D eigenvalue weighted by Crippen LogP contribution is -2.43. The van der Waals surface area contributed by atoms with Crippen molar-refractivity contribution in [2.24, 2.45) is 5.73 Å². The van der Waals surface area contributed by atoms with Crippen LogP contribution in [0, 0.1) is 13.8 Å². The molecule has 6 nitrogen and oxygen atoms in total. The molecule has 1 amide bonds. The van der Waals surface area contributed by atoms with Gasteiger partial charge in [0.25, 0.3) is 0 Å². The Morgan fingerprint density at radius 2 is 1.65 bits per heavy atom. The highest BCUT2D eigenvalue weighted by molar-refractivity contribution is 5.81. The van der Waals surface area contributed by atoms with E-state index < -0.39 is 6.10 Å². The van der Waals surface area contributed by atoms with Crippen LogP contribution in [0.4, 0.5) is 0 Å². The molecule has 2 aromatic heterocycles. The number of β-amino-alcohol motifs (C(OH)–C–C–N with tert-alkyl or cyclic N) is 1. The summed E-state index contributed by atoms with van der Waals surface area (Å²) in [6, 6.07) is 26.5. The average Bonchev–Trinajstić information content (AvgIpc) is 3.27. The predicted molar refractivity (Wildman–Crippen MR) is 162 cm³/mol. The van der Waals surface area contributed by atoms with Crippen LogP contribution in [0.15, 0.2) is 85.1 Å². The Morgan fingerprint density at radius 3 is 2.30 bits per heavy atom. The SMILES string of the molecule is Cc1ccc(C)n1-c1ccc([C@@H](O)CNC(C)(C)Cc2cccc(C(CCCc3ccccc3)C(N)=O)c2)cn1. The van der Waals surface area contributed by atoms with Gasteiger partial charge in [-0.2, -0.15) is 0 Å². The van der Waals surface area contributed by atoms with Crippen molar-refractivity contribution in [3.8, 4) is 5.82 Å². The largest absolute Gasteiger partial charge is 0.387 e. The Kier molecular flexibility index (Phi) is 9.56. The number of aryl methyl sites for hydroxylation is 3. The molecule has 0 saturated heterocycles. The van der Waals surface area contributed by atoms with Crippen molar-refractivity contribution >= 4 is 5.91 Å². The Hall–Kier alpha value is -3.74. The summed E-state index contributed by atoms with van der Waals surface area (Å²) in [5.41, 5.74) is 11.9. The molecule has 1 unspecified atom stereocenters. The third-order valence-corrected chi connectivity index (χ3v) is 7.57. The van der Waals surface area contributed by atoms with Crippen molar-refractivity contribution in [1.82, 2.24) is 14.9 Å². The molecular formula is C34H42N4O2. The number of amides is 1. The van der Waals surface area contributed by atoms with Gasteiger partial charge in [-0.25, -0.2) is 4.98 Å². The number of aliphatic hydroxyl groups is 1. The van der Waals surface area contributed by atoms with Crippen molar-refractivity contribution in [3.63, 3.8) is 0 Å². The summed E-state index contributed by atoms with van der Waals surface area (Å²) >= 11 is 0. The van der Waals surface area contributed by atoms with Crippen LogP contribution >= 0.6 is 0 Å². The number of aromatic nitrogens is 2. The molecular weight excluding hydrogens is 496 g/mol. The minimum absolute atomic E-state index is 0.276. The number of benzene rings is 2. The Balaban J connectivity index is 1.34. The number of carbonyl (C=O) groups excluding carboxylic acids is 1. The van der Waals surface area contributed by atoms with Crippen LogP contribution < -0.4 is 11.1 Å². The lowest BCUT2D eigenvalue weighted by atomic mass is 9.88. The molecule has 0 fully saturated rings. The maximum Gasteiger partial charge on any atom is 0.224 e. The van der Waals surface area contributed by atoms with Gasteiger partial charge in [0.15, 0.2) is 0 Å². The molecule has 0 aliphatic carbocycles. The number of hydrogen-bond donors (Lipinski definition) is 3. The van der Waals surface area contributed by atoms with Gasteiger partial charge in [0.1, 0.15) is 5.82 Å². The zero-order chi connectivity index (χ0) is 28.7. The molecule has 4 N–H and O–H groups in total. The van der Waals surface area contributed by atoms with Crippen molar-refractivity contribution < 1.29 is 9.90 Å². The van der Waals surface area contributed by atoms with Gasteiger partial charge in [-0.15, -0.1) is 0 Å². The lowest BCUT2D eigenvalue weighted by Gasteiger charge is -2.28. The molecule has 0 spiro atoms. The summed E-state index contributed by atoms with van der Waals surface area (Å²) in [7, 11) is 0. The van der Waals surface area contributed by atoms with E-state index in [2.05, 4.69) is 79.0 Å². The standard InChI is InChI=1S/C34H42N4O2/c1-24-16-17-25(2)38(24)32-19-18-29(22-36-32)31(39)23-37-34(3,4)21-27-13-8-14-28(20-27)30(33(35)40)15-9-12-26-10-6-5-7-11-26/h5-8,10-11,13-14,16-20,22,30-31,37,39H,9,12,15,21,23H2,1-4H3,(H2,35,40)/t30?,31-/m0/s1. The molecule has 210 valence electrons. The summed E-state index contributed by atoms with van der Waals surface area (Å²) in [4.78, 5) is 16.9. The summed E-state index contributed by atoms with van der Waals surface area (Å²) in [6.45, 7) is 8.75. The van der Waals surface area contributed by atoms with E-state index in [1.807, 2.05) is 42.5 Å². The first kappa shape index (κ1) is 29.2. The first-order valence-electron chi connectivity index (χ1n) is 14.1. The van der Waals surface area contributed by atoms with Gasteiger partial charge >= 0.3 is 0 Å². The number of rotatable bonds is 13. The van der Waals surface area contributed by atoms with Crippen molar-refractivity contribution in [1.29, 1.82) is 0 Å². The number of nitrogens with zero attached hydrogens (tertiary/aromatic N) is 2. The van der Waals surface area contributed by atoms with Gasteiger partial charge in [-0.05, 0) is 88.3 Å². The van der Waals surface area contributed by atoms with Crippen LogP contribution in [0.1, 0.15) is 72.4 Å². The minimum Gasteiger partial charge on any atom is -0.387 e. The van der Waals surface area contributed by atoms with E-state index in [-0.39, 0.29) is 17.4 Å². The number of pyridine rings is 1.